The van der Waals surface area contributed by atoms with Gasteiger partial charge in [-0.2, -0.15) is 18.2 Å². The SMILES string of the molecule is COCCNc1ccc(C(=O)OCc2nc(-c3cccc(C(F)(F)F)c3)no2)cc1[N+](=O)[O-]. The van der Waals surface area contributed by atoms with E-state index in [1.165, 1.54) is 31.4 Å². The number of aromatic nitrogens is 2. The van der Waals surface area contributed by atoms with Crippen molar-refractivity contribution in [3.05, 3.63) is 69.6 Å². The van der Waals surface area contributed by atoms with E-state index in [-0.39, 0.29) is 34.2 Å². The van der Waals surface area contributed by atoms with Crippen LogP contribution in [0.15, 0.2) is 47.0 Å². The Balaban J connectivity index is 1.68. The Bertz CT molecular complexity index is 1150. The zero-order valence-electron chi connectivity index (χ0n) is 17.1. The van der Waals surface area contributed by atoms with E-state index in [1.807, 2.05) is 0 Å². The normalized spacial score (nSPS) is 11.3. The number of nitro benzene ring substituents is 1. The van der Waals surface area contributed by atoms with Crippen LogP contribution in [0.5, 0.6) is 0 Å². The number of carbonyl (C=O) groups is 1. The van der Waals surface area contributed by atoms with Gasteiger partial charge in [0, 0.05) is 25.3 Å². The van der Waals surface area contributed by atoms with E-state index in [0.717, 1.165) is 18.2 Å². The molecule has 1 aromatic heterocycles. The summed E-state index contributed by atoms with van der Waals surface area (Å²) in [7, 11) is 1.49. The van der Waals surface area contributed by atoms with E-state index in [0.29, 0.717) is 13.2 Å². The third kappa shape index (κ3) is 6.04. The number of methoxy groups -OCH3 is 1. The minimum absolute atomic E-state index is 0.0679. The van der Waals surface area contributed by atoms with Crippen molar-refractivity contribution in [3.8, 4) is 11.4 Å². The van der Waals surface area contributed by atoms with Crippen LogP contribution in [0.25, 0.3) is 11.4 Å². The maximum atomic E-state index is 12.9. The third-order valence-corrected chi connectivity index (χ3v) is 4.29. The van der Waals surface area contributed by atoms with Crippen molar-refractivity contribution in [2.75, 3.05) is 25.6 Å². The number of nitrogens with one attached hydrogen (secondary N) is 1. The van der Waals surface area contributed by atoms with Crippen molar-refractivity contribution < 1.29 is 36.9 Å². The van der Waals surface area contributed by atoms with Crippen molar-refractivity contribution in [3.63, 3.8) is 0 Å². The first-order chi connectivity index (χ1) is 15.7. The first kappa shape index (κ1) is 23.7. The lowest BCUT2D eigenvalue weighted by atomic mass is 10.1. The molecule has 0 bridgehead atoms. The summed E-state index contributed by atoms with van der Waals surface area (Å²) < 4.78 is 53.4. The van der Waals surface area contributed by atoms with Crippen LogP contribution in [-0.2, 0) is 22.3 Å². The quantitative estimate of drug-likeness (QED) is 0.215. The van der Waals surface area contributed by atoms with Crippen molar-refractivity contribution in [1.29, 1.82) is 0 Å². The Morgan fingerprint density at radius 2 is 2.03 bits per heavy atom. The first-order valence-electron chi connectivity index (χ1n) is 9.37. The molecule has 0 aliphatic heterocycles. The number of alkyl halides is 3. The fourth-order valence-electron chi connectivity index (χ4n) is 2.72. The van der Waals surface area contributed by atoms with Crippen LogP contribution in [-0.4, -0.2) is 41.3 Å². The highest BCUT2D eigenvalue weighted by Crippen LogP contribution is 2.31. The third-order valence-electron chi connectivity index (χ3n) is 4.29. The van der Waals surface area contributed by atoms with E-state index in [9.17, 15) is 28.1 Å². The molecule has 0 fully saturated rings. The van der Waals surface area contributed by atoms with Gasteiger partial charge < -0.3 is 19.3 Å². The van der Waals surface area contributed by atoms with E-state index < -0.39 is 29.2 Å². The van der Waals surface area contributed by atoms with Gasteiger partial charge in [0.05, 0.1) is 22.7 Å². The summed E-state index contributed by atoms with van der Waals surface area (Å²) in [6, 6.07) is 8.10. The second-order valence-electron chi connectivity index (χ2n) is 6.58. The standard InChI is InChI=1S/C20H17F3N4O6/c1-31-8-7-24-15-6-5-13(10-16(15)27(29)30)19(28)32-11-17-25-18(26-33-17)12-3-2-4-14(9-12)20(21,22)23/h2-6,9-10,24H,7-8,11H2,1H3. The maximum absolute atomic E-state index is 12.9. The molecule has 10 nitrogen and oxygen atoms in total. The smallest absolute Gasteiger partial charge is 0.416 e. The van der Waals surface area contributed by atoms with Crippen LogP contribution in [0, 0.1) is 10.1 Å². The number of nitrogens with zero attached hydrogens (tertiary/aromatic N) is 3. The summed E-state index contributed by atoms with van der Waals surface area (Å²) in [4.78, 5) is 26.9. The van der Waals surface area contributed by atoms with Gasteiger partial charge in [-0.25, -0.2) is 4.79 Å². The van der Waals surface area contributed by atoms with Gasteiger partial charge in [0.1, 0.15) is 5.69 Å². The van der Waals surface area contributed by atoms with E-state index >= 15 is 0 Å². The summed E-state index contributed by atoms with van der Waals surface area (Å²) in [6.45, 7) is 0.173. The Hall–Kier alpha value is -4.00. The molecule has 3 aromatic rings. The highest BCUT2D eigenvalue weighted by Gasteiger charge is 2.30. The molecule has 3 rings (SSSR count). The molecule has 0 atom stereocenters. The highest BCUT2D eigenvalue weighted by atomic mass is 19.4. The fraction of sp³-hybridized carbons (Fsp3) is 0.250. The van der Waals surface area contributed by atoms with Crippen LogP contribution in [0.4, 0.5) is 24.5 Å². The number of hydrogen-bond acceptors (Lipinski definition) is 9. The van der Waals surface area contributed by atoms with Crippen LogP contribution in [0.3, 0.4) is 0 Å². The van der Waals surface area contributed by atoms with Crippen molar-refractivity contribution in [2.24, 2.45) is 0 Å². The van der Waals surface area contributed by atoms with Gasteiger partial charge in [-0.15, -0.1) is 0 Å². The molecule has 1 N–H and O–H groups in total. The Labute approximate surface area is 184 Å². The molecular formula is C20H17F3N4O6. The second kappa shape index (κ2) is 10.1. The number of benzene rings is 2. The highest BCUT2D eigenvalue weighted by molar-refractivity contribution is 5.91. The number of carbonyl (C=O) groups excluding carboxylic acids is 1. The zero-order chi connectivity index (χ0) is 24.0. The Kier molecular flexibility index (Phi) is 7.23. The van der Waals surface area contributed by atoms with Crippen LogP contribution in [0.1, 0.15) is 21.8 Å². The summed E-state index contributed by atoms with van der Waals surface area (Å²) in [6.07, 6.45) is -4.53. The molecule has 0 saturated heterocycles. The minimum atomic E-state index is -4.53. The molecule has 0 saturated carbocycles. The Morgan fingerprint density at radius 1 is 1.24 bits per heavy atom. The largest absolute Gasteiger partial charge is 0.452 e. The van der Waals surface area contributed by atoms with Gasteiger partial charge in [-0.3, -0.25) is 10.1 Å². The number of nitro groups is 1. The van der Waals surface area contributed by atoms with Crippen molar-refractivity contribution in [2.45, 2.75) is 12.8 Å². The summed E-state index contributed by atoms with van der Waals surface area (Å²) >= 11 is 0. The molecule has 0 radical (unpaired) electrons. The molecule has 0 amide bonds. The lowest BCUT2D eigenvalue weighted by Crippen LogP contribution is -2.11. The topological polar surface area (TPSA) is 130 Å². The molecule has 0 aliphatic rings. The number of esters is 1. The van der Waals surface area contributed by atoms with E-state index in [4.69, 9.17) is 14.0 Å². The minimum Gasteiger partial charge on any atom is -0.452 e. The number of ether oxygens (including phenoxy) is 2. The van der Waals surface area contributed by atoms with Crippen molar-refractivity contribution >= 4 is 17.3 Å². The Morgan fingerprint density at radius 3 is 2.73 bits per heavy atom. The molecule has 13 heteroatoms. The van der Waals surface area contributed by atoms with Gasteiger partial charge in [-0.05, 0) is 24.3 Å². The molecule has 33 heavy (non-hydrogen) atoms. The second-order valence-corrected chi connectivity index (χ2v) is 6.58. The average molecular weight is 466 g/mol. The molecule has 0 spiro atoms. The predicted octanol–water partition coefficient (Wildman–Crippen LogP) is 4.08. The molecule has 1 heterocycles. The van der Waals surface area contributed by atoms with E-state index in [1.54, 1.807) is 0 Å². The zero-order valence-corrected chi connectivity index (χ0v) is 17.1. The summed E-state index contributed by atoms with van der Waals surface area (Å²) in [5, 5.41) is 17.7. The molecule has 0 aliphatic carbocycles. The predicted molar refractivity (Wildman–Crippen MR) is 107 cm³/mol. The maximum Gasteiger partial charge on any atom is 0.416 e. The lowest BCUT2D eigenvalue weighted by molar-refractivity contribution is -0.384. The van der Waals surface area contributed by atoms with Crippen LogP contribution < -0.4 is 5.32 Å². The lowest BCUT2D eigenvalue weighted by Gasteiger charge is -2.08. The van der Waals surface area contributed by atoms with Crippen molar-refractivity contribution in [1.82, 2.24) is 10.1 Å². The number of rotatable bonds is 9. The van der Waals surface area contributed by atoms with Gasteiger partial charge in [0.2, 0.25) is 5.82 Å². The molecule has 0 unspecified atom stereocenters. The van der Waals surface area contributed by atoms with Gasteiger partial charge in [0.25, 0.3) is 11.6 Å². The van der Waals surface area contributed by atoms with Gasteiger partial charge in [-0.1, -0.05) is 17.3 Å². The number of hydrogen-bond donors (Lipinski definition) is 1. The van der Waals surface area contributed by atoms with Gasteiger partial charge >= 0.3 is 12.1 Å². The van der Waals surface area contributed by atoms with Gasteiger partial charge in [0.15, 0.2) is 6.61 Å². The number of anilines is 1. The molecular weight excluding hydrogens is 449 g/mol. The van der Waals surface area contributed by atoms with Crippen LogP contribution in [0.2, 0.25) is 0 Å². The summed E-state index contributed by atoms with van der Waals surface area (Å²) in [5.74, 6) is -1.17. The summed E-state index contributed by atoms with van der Waals surface area (Å²) in [5.41, 5.74) is -1.02. The van der Waals surface area contributed by atoms with Crippen LogP contribution >= 0.6 is 0 Å². The number of halogens is 3. The average Bonchev–Trinajstić information content (AvgIpc) is 3.26. The monoisotopic (exact) mass is 466 g/mol. The first-order valence-corrected chi connectivity index (χ1v) is 9.37. The van der Waals surface area contributed by atoms with E-state index in [2.05, 4.69) is 15.5 Å². The fourth-order valence-corrected chi connectivity index (χ4v) is 2.72. The molecule has 174 valence electrons. The molecule has 2 aromatic carbocycles.